The van der Waals surface area contributed by atoms with E-state index in [1.54, 1.807) is 6.07 Å². The summed E-state index contributed by atoms with van der Waals surface area (Å²) in [6.07, 6.45) is 0.0137. The molecule has 0 aromatic heterocycles. The van der Waals surface area contributed by atoms with Crippen molar-refractivity contribution >= 4 is 28.9 Å². The molecule has 0 bridgehead atoms. The minimum atomic E-state index is 0.0137. The summed E-state index contributed by atoms with van der Waals surface area (Å²) in [6, 6.07) is 11.7. The molecule has 0 aliphatic carbocycles. The molecule has 2 nitrogen and oxygen atoms in total. The molecule has 0 radical (unpaired) electrons. The van der Waals surface area contributed by atoms with Crippen molar-refractivity contribution in [2.75, 3.05) is 11.9 Å². The van der Waals surface area contributed by atoms with Gasteiger partial charge in [-0.15, -0.1) is 0 Å². The van der Waals surface area contributed by atoms with E-state index in [1.165, 1.54) is 0 Å². The number of benzene rings is 2. The van der Waals surface area contributed by atoms with Crippen molar-refractivity contribution < 1.29 is 4.74 Å². The average molecular weight is 324 g/mol. The highest BCUT2D eigenvalue weighted by Gasteiger charge is 2.10. The Balaban J connectivity index is 1.99. The summed E-state index contributed by atoms with van der Waals surface area (Å²) < 4.78 is 6.03. The molecular formula is C17H19Cl2NO. The van der Waals surface area contributed by atoms with Crippen LogP contribution in [-0.2, 0) is 0 Å². The van der Waals surface area contributed by atoms with E-state index in [0.717, 1.165) is 22.6 Å². The van der Waals surface area contributed by atoms with Crippen LogP contribution in [0.5, 0.6) is 5.75 Å². The van der Waals surface area contributed by atoms with Crippen LogP contribution in [0.2, 0.25) is 10.0 Å². The third kappa shape index (κ3) is 4.05. The number of para-hydroxylation sites is 1. The lowest BCUT2D eigenvalue weighted by Gasteiger charge is -2.19. The Kier molecular flexibility index (Phi) is 5.38. The highest BCUT2D eigenvalue weighted by molar-refractivity contribution is 6.43. The normalized spacial score (nSPS) is 12.0. The van der Waals surface area contributed by atoms with Crippen molar-refractivity contribution in [1.29, 1.82) is 0 Å². The molecule has 0 aliphatic heterocycles. The molecule has 4 heteroatoms. The molecule has 0 unspecified atom stereocenters. The van der Waals surface area contributed by atoms with Crippen LogP contribution in [0.15, 0.2) is 36.4 Å². The highest BCUT2D eigenvalue weighted by Crippen LogP contribution is 2.29. The van der Waals surface area contributed by atoms with E-state index < -0.39 is 0 Å². The van der Waals surface area contributed by atoms with Crippen LogP contribution in [0.3, 0.4) is 0 Å². The van der Waals surface area contributed by atoms with Gasteiger partial charge in [0, 0.05) is 0 Å². The number of aryl methyl sites for hydroxylation is 2. The number of hydrogen-bond donors (Lipinski definition) is 1. The summed E-state index contributed by atoms with van der Waals surface area (Å²) in [7, 11) is 0. The summed E-state index contributed by atoms with van der Waals surface area (Å²) in [5.74, 6) is 0.948. The van der Waals surface area contributed by atoms with Gasteiger partial charge in [-0.1, -0.05) is 47.5 Å². The second-order valence-corrected chi connectivity index (χ2v) is 5.92. The predicted molar refractivity (Wildman–Crippen MR) is 91.0 cm³/mol. The fraction of sp³-hybridized carbons (Fsp3) is 0.294. The van der Waals surface area contributed by atoms with Crippen molar-refractivity contribution in [2.45, 2.75) is 26.9 Å². The van der Waals surface area contributed by atoms with E-state index in [1.807, 2.05) is 25.1 Å². The van der Waals surface area contributed by atoms with E-state index in [2.05, 4.69) is 31.3 Å². The van der Waals surface area contributed by atoms with Crippen LogP contribution in [0.1, 0.15) is 18.1 Å². The van der Waals surface area contributed by atoms with Gasteiger partial charge in [0.05, 0.1) is 22.3 Å². The Morgan fingerprint density at radius 3 is 2.33 bits per heavy atom. The van der Waals surface area contributed by atoms with E-state index in [9.17, 15) is 0 Å². The number of ether oxygens (including phenoxy) is 1. The lowest BCUT2D eigenvalue weighted by Crippen LogP contribution is -2.23. The molecular weight excluding hydrogens is 305 g/mol. The van der Waals surface area contributed by atoms with Gasteiger partial charge in [-0.25, -0.2) is 0 Å². The zero-order valence-corrected chi connectivity index (χ0v) is 13.9. The first-order valence-electron chi connectivity index (χ1n) is 6.89. The number of anilines is 1. The fourth-order valence-corrected chi connectivity index (χ4v) is 2.49. The van der Waals surface area contributed by atoms with Gasteiger partial charge in [0.15, 0.2) is 0 Å². The molecule has 21 heavy (non-hydrogen) atoms. The first-order valence-corrected chi connectivity index (χ1v) is 7.65. The maximum absolute atomic E-state index is 6.15. The van der Waals surface area contributed by atoms with Gasteiger partial charge >= 0.3 is 0 Å². The van der Waals surface area contributed by atoms with E-state index in [4.69, 9.17) is 27.9 Å². The molecule has 0 saturated carbocycles. The lowest BCUT2D eigenvalue weighted by molar-refractivity contribution is 0.231. The maximum atomic E-state index is 6.15. The van der Waals surface area contributed by atoms with Crippen molar-refractivity contribution in [2.24, 2.45) is 0 Å². The summed E-state index contributed by atoms with van der Waals surface area (Å²) in [4.78, 5) is 0. The number of halogens is 2. The Morgan fingerprint density at radius 2 is 1.67 bits per heavy atom. The molecule has 0 heterocycles. The number of hydrogen-bond acceptors (Lipinski definition) is 2. The third-order valence-corrected chi connectivity index (χ3v) is 4.08. The van der Waals surface area contributed by atoms with Gasteiger partial charge in [-0.2, -0.15) is 0 Å². The molecule has 1 N–H and O–H groups in total. The summed E-state index contributed by atoms with van der Waals surface area (Å²) >= 11 is 12.1. The smallest absolute Gasteiger partial charge is 0.125 e. The van der Waals surface area contributed by atoms with E-state index >= 15 is 0 Å². The minimum Gasteiger partial charge on any atom is -0.488 e. The van der Waals surface area contributed by atoms with Crippen LogP contribution in [0, 0.1) is 13.8 Å². The van der Waals surface area contributed by atoms with Crippen LogP contribution in [-0.4, -0.2) is 12.6 Å². The van der Waals surface area contributed by atoms with Crippen LogP contribution in [0.4, 0.5) is 5.69 Å². The zero-order chi connectivity index (χ0) is 15.4. The first-order chi connectivity index (χ1) is 9.99. The molecule has 0 spiro atoms. The molecule has 0 saturated heterocycles. The Labute approximate surface area is 136 Å². The topological polar surface area (TPSA) is 21.3 Å². The second-order valence-electron chi connectivity index (χ2n) is 5.13. The maximum Gasteiger partial charge on any atom is 0.125 e. The monoisotopic (exact) mass is 323 g/mol. The third-order valence-electron chi connectivity index (χ3n) is 3.26. The highest BCUT2D eigenvalue weighted by atomic mass is 35.5. The SMILES string of the molecule is Cc1cccc(C)c1O[C@@H](C)CNc1cccc(Cl)c1Cl. The first kappa shape index (κ1) is 16.0. The van der Waals surface area contributed by atoms with Gasteiger partial charge in [0.25, 0.3) is 0 Å². The zero-order valence-electron chi connectivity index (χ0n) is 12.4. The molecule has 0 aliphatic rings. The van der Waals surface area contributed by atoms with Gasteiger partial charge in [-0.3, -0.25) is 0 Å². The van der Waals surface area contributed by atoms with Crippen LogP contribution < -0.4 is 10.1 Å². The van der Waals surface area contributed by atoms with E-state index in [0.29, 0.717) is 16.6 Å². The van der Waals surface area contributed by atoms with Gasteiger partial charge in [-0.05, 0) is 44.0 Å². The van der Waals surface area contributed by atoms with E-state index in [-0.39, 0.29) is 6.10 Å². The Hall–Kier alpha value is -1.38. The van der Waals surface area contributed by atoms with Crippen molar-refractivity contribution in [1.82, 2.24) is 0 Å². The Bertz CT molecular complexity index is 608. The summed E-state index contributed by atoms with van der Waals surface area (Å²) in [5.41, 5.74) is 3.10. The van der Waals surface area contributed by atoms with Crippen molar-refractivity contribution in [3.63, 3.8) is 0 Å². The van der Waals surface area contributed by atoms with Gasteiger partial charge < -0.3 is 10.1 Å². The standard InChI is InChI=1S/C17H19Cl2NO/c1-11-6-4-7-12(2)17(11)21-13(3)10-20-15-9-5-8-14(18)16(15)19/h4-9,13,20H,10H2,1-3H3/t13-/m0/s1. The molecule has 2 aromatic carbocycles. The predicted octanol–water partition coefficient (Wildman–Crippen LogP) is 5.49. The molecule has 0 amide bonds. The number of rotatable bonds is 5. The molecule has 112 valence electrons. The summed E-state index contributed by atoms with van der Waals surface area (Å²) in [6.45, 7) is 6.78. The van der Waals surface area contributed by atoms with Crippen molar-refractivity contribution in [3.8, 4) is 5.75 Å². The largest absolute Gasteiger partial charge is 0.488 e. The van der Waals surface area contributed by atoms with Gasteiger partial charge in [0.2, 0.25) is 0 Å². The molecule has 0 fully saturated rings. The Morgan fingerprint density at radius 1 is 1.05 bits per heavy atom. The minimum absolute atomic E-state index is 0.0137. The number of nitrogens with one attached hydrogen (secondary N) is 1. The van der Waals surface area contributed by atoms with Gasteiger partial charge in [0.1, 0.15) is 11.9 Å². The van der Waals surface area contributed by atoms with Crippen LogP contribution in [0.25, 0.3) is 0 Å². The lowest BCUT2D eigenvalue weighted by atomic mass is 10.1. The average Bonchev–Trinajstić information content (AvgIpc) is 2.45. The second kappa shape index (κ2) is 7.06. The molecule has 2 aromatic rings. The fourth-order valence-electron chi connectivity index (χ4n) is 2.12. The van der Waals surface area contributed by atoms with Crippen LogP contribution >= 0.6 is 23.2 Å². The quantitative estimate of drug-likeness (QED) is 0.785. The molecule has 1 atom stereocenters. The molecule has 2 rings (SSSR count). The summed E-state index contributed by atoms with van der Waals surface area (Å²) in [5, 5.41) is 4.36. The van der Waals surface area contributed by atoms with Crippen molar-refractivity contribution in [3.05, 3.63) is 57.6 Å².